The van der Waals surface area contributed by atoms with Gasteiger partial charge in [-0.2, -0.15) is 5.26 Å². The first-order chi connectivity index (χ1) is 9.12. The van der Waals surface area contributed by atoms with Crippen LogP contribution in [0.4, 0.5) is 0 Å². The number of hydrogen-bond acceptors (Lipinski definition) is 3. The Morgan fingerprint density at radius 3 is 2.68 bits per heavy atom. The number of methoxy groups -OCH3 is 1. The average molecular weight is 258 g/mol. The van der Waals surface area contributed by atoms with Crippen molar-refractivity contribution in [3.8, 4) is 11.8 Å². The molecule has 0 heterocycles. The molecule has 0 aromatic heterocycles. The topological polar surface area (TPSA) is 36.3 Å². The molecular formula is C16H22N2O. The van der Waals surface area contributed by atoms with Crippen LogP contribution in [0.5, 0.6) is 5.75 Å². The predicted molar refractivity (Wildman–Crippen MR) is 76.0 cm³/mol. The molecule has 1 aliphatic rings. The monoisotopic (exact) mass is 258 g/mol. The molecule has 0 unspecified atom stereocenters. The molecule has 0 amide bonds. The van der Waals surface area contributed by atoms with Crippen molar-refractivity contribution in [3.05, 3.63) is 29.3 Å². The van der Waals surface area contributed by atoms with E-state index in [1.165, 1.54) is 11.1 Å². The molecule has 1 aromatic rings. The van der Waals surface area contributed by atoms with E-state index in [1.807, 2.05) is 6.07 Å². The highest BCUT2D eigenvalue weighted by atomic mass is 16.5. The van der Waals surface area contributed by atoms with Crippen molar-refractivity contribution in [1.82, 2.24) is 4.90 Å². The third-order valence-electron chi connectivity index (χ3n) is 3.86. The van der Waals surface area contributed by atoms with Gasteiger partial charge < -0.3 is 9.64 Å². The summed E-state index contributed by atoms with van der Waals surface area (Å²) in [5.74, 6) is 0.936. The number of aryl methyl sites for hydroxylation is 1. The number of nitrogens with zero attached hydrogens (tertiary/aromatic N) is 2. The SMILES string of the molecule is CCc1ccc(OC)c(CN(C)CC2(C#N)CC2)c1. The van der Waals surface area contributed by atoms with Crippen molar-refractivity contribution < 1.29 is 4.74 Å². The van der Waals surface area contributed by atoms with Gasteiger partial charge in [0.2, 0.25) is 0 Å². The lowest BCUT2D eigenvalue weighted by Crippen LogP contribution is -2.25. The van der Waals surface area contributed by atoms with E-state index in [1.54, 1.807) is 7.11 Å². The van der Waals surface area contributed by atoms with Gasteiger partial charge in [-0.1, -0.05) is 19.1 Å². The first-order valence-corrected chi connectivity index (χ1v) is 6.88. The molecule has 3 nitrogen and oxygen atoms in total. The number of ether oxygens (including phenoxy) is 1. The maximum absolute atomic E-state index is 9.15. The van der Waals surface area contributed by atoms with Gasteiger partial charge in [-0.15, -0.1) is 0 Å². The fourth-order valence-electron chi connectivity index (χ4n) is 2.49. The van der Waals surface area contributed by atoms with E-state index >= 15 is 0 Å². The van der Waals surface area contributed by atoms with Crippen LogP contribution in [0.2, 0.25) is 0 Å². The molecule has 1 fully saturated rings. The maximum atomic E-state index is 9.15. The predicted octanol–water partition coefficient (Wildman–Crippen LogP) is 2.99. The van der Waals surface area contributed by atoms with Crippen LogP contribution in [-0.2, 0) is 13.0 Å². The number of benzene rings is 1. The number of hydrogen-bond donors (Lipinski definition) is 0. The minimum Gasteiger partial charge on any atom is -0.496 e. The summed E-state index contributed by atoms with van der Waals surface area (Å²) >= 11 is 0. The summed E-state index contributed by atoms with van der Waals surface area (Å²) in [5.41, 5.74) is 2.45. The van der Waals surface area contributed by atoms with E-state index in [2.05, 4.69) is 37.1 Å². The van der Waals surface area contributed by atoms with Gasteiger partial charge in [0.1, 0.15) is 5.75 Å². The summed E-state index contributed by atoms with van der Waals surface area (Å²) in [6.07, 6.45) is 3.11. The van der Waals surface area contributed by atoms with Crippen LogP contribution in [0.3, 0.4) is 0 Å². The molecule has 0 aliphatic heterocycles. The molecule has 0 saturated heterocycles. The van der Waals surface area contributed by atoms with Crippen LogP contribution in [0.15, 0.2) is 18.2 Å². The maximum Gasteiger partial charge on any atom is 0.123 e. The third-order valence-corrected chi connectivity index (χ3v) is 3.86. The summed E-state index contributed by atoms with van der Waals surface area (Å²) in [7, 11) is 3.79. The van der Waals surface area contributed by atoms with Gasteiger partial charge in [0.25, 0.3) is 0 Å². The fraction of sp³-hybridized carbons (Fsp3) is 0.562. The van der Waals surface area contributed by atoms with Crippen molar-refractivity contribution in [2.45, 2.75) is 32.7 Å². The van der Waals surface area contributed by atoms with E-state index in [-0.39, 0.29) is 5.41 Å². The van der Waals surface area contributed by atoms with Gasteiger partial charge in [-0.25, -0.2) is 0 Å². The molecule has 0 bridgehead atoms. The number of rotatable bonds is 6. The van der Waals surface area contributed by atoms with E-state index in [0.29, 0.717) is 0 Å². The van der Waals surface area contributed by atoms with Gasteiger partial charge in [-0.3, -0.25) is 0 Å². The highest BCUT2D eigenvalue weighted by Crippen LogP contribution is 2.45. The lowest BCUT2D eigenvalue weighted by atomic mass is 10.1. The minimum atomic E-state index is -0.0790. The summed E-state index contributed by atoms with van der Waals surface area (Å²) < 4.78 is 5.43. The highest BCUT2D eigenvalue weighted by Gasteiger charge is 2.43. The molecular weight excluding hydrogens is 236 g/mol. The molecule has 0 radical (unpaired) electrons. The Hall–Kier alpha value is -1.53. The third kappa shape index (κ3) is 3.27. The van der Waals surface area contributed by atoms with Crippen LogP contribution in [0, 0.1) is 16.7 Å². The average Bonchev–Trinajstić information content (AvgIpc) is 3.18. The van der Waals surface area contributed by atoms with Crippen LogP contribution >= 0.6 is 0 Å². The zero-order valence-corrected chi connectivity index (χ0v) is 12.1. The fourth-order valence-corrected chi connectivity index (χ4v) is 2.49. The second-order valence-corrected chi connectivity index (χ2v) is 5.56. The zero-order valence-electron chi connectivity index (χ0n) is 12.1. The molecule has 1 aliphatic carbocycles. The summed E-state index contributed by atoms with van der Waals surface area (Å²) in [4.78, 5) is 2.23. The first-order valence-electron chi connectivity index (χ1n) is 6.88. The van der Waals surface area contributed by atoms with E-state index in [4.69, 9.17) is 10.00 Å². The molecule has 1 aromatic carbocycles. The van der Waals surface area contributed by atoms with Gasteiger partial charge >= 0.3 is 0 Å². The Balaban J connectivity index is 2.07. The van der Waals surface area contributed by atoms with Crippen molar-refractivity contribution in [1.29, 1.82) is 5.26 Å². The molecule has 0 N–H and O–H groups in total. The molecule has 19 heavy (non-hydrogen) atoms. The van der Waals surface area contributed by atoms with Gasteiger partial charge in [0.05, 0.1) is 18.6 Å². The van der Waals surface area contributed by atoms with Gasteiger partial charge in [0.15, 0.2) is 0 Å². The molecule has 102 valence electrons. The van der Waals surface area contributed by atoms with Crippen LogP contribution in [-0.4, -0.2) is 25.6 Å². The minimum absolute atomic E-state index is 0.0790. The Kier molecular flexibility index (Phi) is 4.11. The van der Waals surface area contributed by atoms with E-state index in [0.717, 1.165) is 38.1 Å². The van der Waals surface area contributed by atoms with E-state index in [9.17, 15) is 0 Å². The Labute approximate surface area is 115 Å². The first kappa shape index (κ1) is 13.9. The normalized spacial score (nSPS) is 16.2. The molecule has 2 rings (SSSR count). The second kappa shape index (κ2) is 5.63. The van der Waals surface area contributed by atoms with Gasteiger partial charge in [-0.05, 0) is 37.9 Å². The highest BCUT2D eigenvalue weighted by molar-refractivity contribution is 5.37. The molecule has 3 heteroatoms. The lowest BCUT2D eigenvalue weighted by molar-refractivity contribution is 0.281. The zero-order chi connectivity index (χ0) is 13.9. The smallest absolute Gasteiger partial charge is 0.123 e. The number of nitriles is 1. The van der Waals surface area contributed by atoms with Crippen LogP contribution < -0.4 is 4.74 Å². The summed E-state index contributed by atoms with van der Waals surface area (Å²) in [5, 5.41) is 9.15. The Morgan fingerprint density at radius 1 is 1.42 bits per heavy atom. The molecule has 1 saturated carbocycles. The van der Waals surface area contributed by atoms with Crippen molar-refractivity contribution in [3.63, 3.8) is 0 Å². The molecule has 0 atom stereocenters. The summed E-state index contributed by atoms with van der Waals surface area (Å²) in [6.45, 7) is 3.84. The van der Waals surface area contributed by atoms with Crippen molar-refractivity contribution >= 4 is 0 Å². The van der Waals surface area contributed by atoms with E-state index < -0.39 is 0 Å². The van der Waals surface area contributed by atoms with Crippen LogP contribution in [0.25, 0.3) is 0 Å². The largest absolute Gasteiger partial charge is 0.496 e. The standard InChI is InChI=1S/C16H22N2O/c1-4-13-5-6-15(19-3)14(9-13)10-18(2)12-16(11-17)7-8-16/h5-6,9H,4,7-8,10,12H2,1-3H3. The van der Waals surface area contributed by atoms with Crippen molar-refractivity contribution in [2.24, 2.45) is 5.41 Å². The second-order valence-electron chi connectivity index (χ2n) is 5.56. The van der Waals surface area contributed by atoms with Crippen LogP contribution in [0.1, 0.15) is 30.9 Å². The quantitative estimate of drug-likeness (QED) is 0.787. The lowest BCUT2D eigenvalue weighted by Gasteiger charge is -2.21. The summed E-state index contributed by atoms with van der Waals surface area (Å²) in [6, 6.07) is 8.81. The Bertz CT molecular complexity index is 486. The van der Waals surface area contributed by atoms with Crippen molar-refractivity contribution in [2.75, 3.05) is 20.7 Å². The van der Waals surface area contributed by atoms with Gasteiger partial charge in [0, 0.05) is 18.7 Å². The molecule has 0 spiro atoms. The Morgan fingerprint density at radius 2 is 2.16 bits per heavy atom.